The molecule has 0 amide bonds. The molecule has 0 unspecified atom stereocenters. The van der Waals surface area contributed by atoms with E-state index >= 15 is 0 Å². The van der Waals surface area contributed by atoms with E-state index in [-0.39, 0.29) is 0 Å². The normalized spacial score (nSPS) is 11.4. The van der Waals surface area contributed by atoms with Crippen LogP contribution in [0.2, 0.25) is 0 Å². The summed E-state index contributed by atoms with van der Waals surface area (Å²) in [5.74, 6) is 0. The third kappa shape index (κ3) is 3.98. The number of aryl methyl sites for hydroxylation is 1. The van der Waals surface area contributed by atoms with Crippen molar-refractivity contribution in [1.29, 1.82) is 0 Å². The van der Waals surface area contributed by atoms with E-state index in [1.165, 1.54) is 0 Å². The van der Waals surface area contributed by atoms with Gasteiger partial charge in [0.1, 0.15) is 0 Å². The first kappa shape index (κ1) is 14.4. The van der Waals surface area contributed by atoms with Gasteiger partial charge in [0.25, 0.3) is 0 Å². The molecule has 1 heterocycles. The van der Waals surface area contributed by atoms with Crippen molar-refractivity contribution < 1.29 is 13.2 Å². The Morgan fingerprint density at radius 3 is 2.45 bits per heavy atom. The molecule has 0 aliphatic heterocycles. The Hall–Kier alpha value is -2.04. The number of nitrogens with one attached hydrogen (secondary N) is 1. The Morgan fingerprint density at radius 2 is 1.80 bits per heavy atom. The molecule has 2 nitrogen and oxygen atoms in total. The zero-order valence-electron chi connectivity index (χ0n) is 11.0. The largest absolute Gasteiger partial charge is 0.416 e. The molecule has 0 aliphatic carbocycles. The van der Waals surface area contributed by atoms with E-state index in [9.17, 15) is 13.2 Å². The summed E-state index contributed by atoms with van der Waals surface area (Å²) < 4.78 is 38.1. The molecule has 106 valence electrons. The van der Waals surface area contributed by atoms with Crippen LogP contribution in [-0.2, 0) is 12.6 Å². The number of hydrogen-bond donors (Lipinski definition) is 1. The van der Waals surface area contributed by atoms with Gasteiger partial charge in [-0.3, -0.25) is 4.98 Å². The maximum absolute atomic E-state index is 12.7. The fraction of sp³-hybridized carbons (Fsp3) is 0.267. The molecule has 1 aromatic carbocycles. The quantitative estimate of drug-likeness (QED) is 0.913. The molecule has 0 fully saturated rings. The molecule has 0 saturated heterocycles. The molecule has 2 rings (SSSR count). The van der Waals surface area contributed by atoms with Crippen molar-refractivity contribution >= 4 is 5.69 Å². The Morgan fingerprint density at radius 1 is 1.10 bits per heavy atom. The average molecular weight is 280 g/mol. The maximum atomic E-state index is 12.7. The third-order valence-corrected chi connectivity index (χ3v) is 2.90. The van der Waals surface area contributed by atoms with Crippen LogP contribution >= 0.6 is 0 Å². The van der Waals surface area contributed by atoms with Gasteiger partial charge in [0, 0.05) is 24.6 Å². The second-order valence-corrected chi connectivity index (χ2v) is 4.62. The number of rotatable bonds is 4. The lowest BCUT2D eigenvalue weighted by molar-refractivity contribution is -0.137. The molecule has 5 heteroatoms. The van der Waals surface area contributed by atoms with Crippen LogP contribution in [0.15, 0.2) is 42.7 Å². The summed E-state index contributed by atoms with van der Waals surface area (Å²) in [4.78, 5) is 3.92. The summed E-state index contributed by atoms with van der Waals surface area (Å²) in [7, 11) is 0. The van der Waals surface area contributed by atoms with Gasteiger partial charge in [-0.2, -0.15) is 13.2 Å². The summed E-state index contributed by atoms with van der Waals surface area (Å²) in [5.41, 5.74) is 1.55. The van der Waals surface area contributed by atoms with Crippen molar-refractivity contribution in [2.75, 3.05) is 11.9 Å². The molecule has 0 radical (unpaired) electrons. The number of aromatic nitrogens is 1. The van der Waals surface area contributed by atoms with Crippen LogP contribution < -0.4 is 5.32 Å². The molecule has 0 saturated carbocycles. The second kappa shape index (κ2) is 5.94. The molecule has 0 bridgehead atoms. The number of pyridine rings is 1. The SMILES string of the molecule is Cc1cc(NCCc2ccncc2)cc(C(F)(F)F)c1. The third-order valence-electron chi connectivity index (χ3n) is 2.90. The lowest BCUT2D eigenvalue weighted by atomic mass is 10.1. The van der Waals surface area contributed by atoms with Crippen LogP contribution in [0.3, 0.4) is 0 Å². The van der Waals surface area contributed by atoms with Gasteiger partial charge in [0.2, 0.25) is 0 Å². The first-order chi connectivity index (χ1) is 9.45. The highest BCUT2D eigenvalue weighted by Crippen LogP contribution is 2.31. The van der Waals surface area contributed by atoms with Gasteiger partial charge in [-0.05, 0) is 54.8 Å². The van der Waals surface area contributed by atoms with Crippen LogP contribution in [0.4, 0.5) is 18.9 Å². The highest BCUT2D eigenvalue weighted by molar-refractivity contribution is 5.49. The second-order valence-electron chi connectivity index (χ2n) is 4.62. The molecule has 2 aromatic rings. The predicted molar refractivity (Wildman–Crippen MR) is 72.6 cm³/mol. The number of halogens is 3. The average Bonchev–Trinajstić information content (AvgIpc) is 2.38. The minimum Gasteiger partial charge on any atom is -0.385 e. The minimum absolute atomic E-state index is 0.492. The van der Waals surface area contributed by atoms with Crippen molar-refractivity contribution in [2.45, 2.75) is 19.5 Å². The molecule has 0 atom stereocenters. The zero-order valence-corrected chi connectivity index (χ0v) is 11.0. The van der Waals surface area contributed by atoms with Gasteiger partial charge in [0.15, 0.2) is 0 Å². The summed E-state index contributed by atoms with van der Waals surface area (Å²) in [5, 5.41) is 3.03. The molecule has 0 aliphatic rings. The van der Waals surface area contributed by atoms with E-state index in [1.54, 1.807) is 25.4 Å². The summed E-state index contributed by atoms with van der Waals surface area (Å²) in [6.45, 7) is 2.23. The molecule has 20 heavy (non-hydrogen) atoms. The number of hydrogen-bond acceptors (Lipinski definition) is 2. The van der Waals surface area contributed by atoms with Crippen LogP contribution in [0.5, 0.6) is 0 Å². The van der Waals surface area contributed by atoms with Gasteiger partial charge in [-0.1, -0.05) is 0 Å². The van der Waals surface area contributed by atoms with Gasteiger partial charge in [-0.25, -0.2) is 0 Å². The van der Waals surface area contributed by atoms with E-state index in [0.717, 1.165) is 24.1 Å². The standard InChI is InChI=1S/C15H15F3N2/c1-11-8-13(15(16,17)18)10-14(9-11)20-7-4-12-2-5-19-6-3-12/h2-3,5-6,8-10,20H,4,7H2,1H3. The summed E-state index contributed by atoms with van der Waals surface area (Å²) >= 11 is 0. The van der Waals surface area contributed by atoms with Gasteiger partial charge in [-0.15, -0.1) is 0 Å². The van der Waals surface area contributed by atoms with Crippen LogP contribution in [0, 0.1) is 6.92 Å². The Bertz CT molecular complexity index is 565. The molecule has 1 N–H and O–H groups in total. The smallest absolute Gasteiger partial charge is 0.385 e. The first-order valence-electron chi connectivity index (χ1n) is 6.27. The number of anilines is 1. The van der Waals surface area contributed by atoms with E-state index in [0.29, 0.717) is 17.8 Å². The van der Waals surface area contributed by atoms with Gasteiger partial charge in [0.05, 0.1) is 5.56 Å². The van der Waals surface area contributed by atoms with Gasteiger partial charge >= 0.3 is 6.18 Å². The van der Waals surface area contributed by atoms with E-state index in [1.807, 2.05) is 12.1 Å². The lowest BCUT2D eigenvalue weighted by Crippen LogP contribution is -2.09. The van der Waals surface area contributed by atoms with Crippen LogP contribution in [0.1, 0.15) is 16.7 Å². The summed E-state index contributed by atoms with van der Waals surface area (Å²) in [6, 6.07) is 7.77. The predicted octanol–water partition coefficient (Wildman–Crippen LogP) is 4.06. The van der Waals surface area contributed by atoms with Crippen molar-refractivity contribution in [2.24, 2.45) is 0 Å². The number of benzene rings is 1. The zero-order chi connectivity index (χ0) is 14.6. The Balaban J connectivity index is 2.01. The van der Waals surface area contributed by atoms with Crippen LogP contribution in [0.25, 0.3) is 0 Å². The highest BCUT2D eigenvalue weighted by atomic mass is 19.4. The molecule has 1 aromatic heterocycles. The first-order valence-corrected chi connectivity index (χ1v) is 6.27. The van der Waals surface area contributed by atoms with Crippen LogP contribution in [-0.4, -0.2) is 11.5 Å². The van der Waals surface area contributed by atoms with E-state index < -0.39 is 11.7 Å². The molecular formula is C15H15F3N2. The monoisotopic (exact) mass is 280 g/mol. The fourth-order valence-corrected chi connectivity index (χ4v) is 1.95. The van der Waals surface area contributed by atoms with Gasteiger partial charge < -0.3 is 5.32 Å². The lowest BCUT2D eigenvalue weighted by Gasteiger charge is -2.12. The Kier molecular flexibility index (Phi) is 4.27. The van der Waals surface area contributed by atoms with Crippen molar-refractivity contribution in [3.63, 3.8) is 0 Å². The number of alkyl halides is 3. The highest BCUT2D eigenvalue weighted by Gasteiger charge is 2.30. The van der Waals surface area contributed by atoms with Crippen molar-refractivity contribution in [1.82, 2.24) is 4.98 Å². The van der Waals surface area contributed by atoms with Crippen molar-refractivity contribution in [3.8, 4) is 0 Å². The van der Waals surface area contributed by atoms with E-state index in [4.69, 9.17) is 0 Å². The van der Waals surface area contributed by atoms with Crippen molar-refractivity contribution in [3.05, 3.63) is 59.4 Å². The topological polar surface area (TPSA) is 24.9 Å². The minimum atomic E-state index is -4.31. The number of nitrogens with zero attached hydrogens (tertiary/aromatic N) is 1. The molecular weight excluding hydrogens is 265 g/mol. The summed E-state index contributed by atoms with van der Waals surface area (Å²) in [6.07, 6.45) is -0.182. The Labute approximate surface area is 115 Å². The van der Waals surface area contributed by atoms with E-state index in [2.05, 4.69) is 10.3 Å². The maximum Gasteiger partial charge on any atom is 0.416 e. The molecule has 0 spiro atoms. The fourth-order valence-electron chi connectivity index (χ4n) is 1.95.